The summed E-state index contributed by atoms with van der Waals surface area (Å²) in [4.78, 5) is 63.6. The van der Waals surface area contributed by atoms with Crippen LogP contribution in [0.4, 0.5) is 4.79 Å². The standard InChI is InChI=1S/C43H56ClN5O9/c44-37-35(56-17-14-48-12-15-55-16-13-48)11-10-31-36(22-33(25-8-9-25)45-38(31)37)57-30-21-34-39(50)47-43(41(52)53)23-28(43)6-4-2-1-3-5-7-32(40(51)49(34)24-30)46-42(54)58-29-19-26-18-27(26)20-29/h10-11,22,25-30,32,34H,1-9,12-21,23-24H2,(H,46,54)(H,47,50)(H,52,53)/t26?,27?,28-,29?,30+,32-,34-,43+/m0/s1. The van der Waals surface area contributed by atoms with Crippen molar-refractivity contribution in [3.8, 4) is 11.5 Å². The third-order valence-corrected chi connectivity index (χ3v) is 14.1. The van der Waals surface area contributed by atoms with Crippen molar-refractivity contribution < 1.29 is 43.2 Å². The van der Waals surface area contributed by atoms with E-state index in [-0.39, 0.29) is 30.9 Å². The first-order chi connectivity index (χ1) is 28.1. The van der Waals surface area contributed by atoms with E-state index in [9.17, 15) is 24.3 Å². The van der Waals surface area contributed by atoms with Gasteiger partial charge >= 0.3 is 12.1 Å². The number of rotatable bonds is 10. The van der Waals surface area contributed by atoms with E-state index in [1.165, 1.54) is 11.3 Å². The van der Waals surface area contributed by atoms with Gasteiger partial charge in [-0.2, -0.15) is 0 Å². The van der Waals surface area contributed by atoms with E-state index in [0.717, 1.165) is 76.7 Å². The first kappa shape index (κ1) is 39.6. The van der Waals surface area contributed by atoms with Gasteiger partial charge in [-0.05, 0) is 81.3 Å². The zero-order valence-corrected chi connectivity index (χ0v) is 33.9. The molecule has 4 heterocycles. The largest absolute Gasteiger partial charge is 0.491 e. The Kier molecular flexibility index (Phi) is 11.4. The fourth-order valence-corrected chi connectivity index (χ4v) is 10.2. The number of carboxylic acid groups (broad SMARTS) is 1. The molecule has 1 aromatic heterocycles. The Morgan fingerprint density at radius 2 is 1.72 bits per heavy atom. The van der Waals surface area contributed by atoms with Gasteiger partial charge in [0.15, 0.2) is 0 Å². The molecule has 314 valence electrons. The minimum Gasteiger partial charge on any atom is -0.491 e. The minimum atomic E-state index is -1.35. The zero-order valence-electron chi connectivity index (χ0n) is 33.1. The Balaban J connectivity index is 0.966. The molecule has 3 saturated heterocycles. The summed E-state index contributed by atoms with van der Waals surface area (Å²) in [5, 5.41) is 17.2. The monoisotopic (exact) mass is 821 g/mol. The molecular formula is C43H56ClN5O9. The van der Waals surface area contributed by atoms with Gasteiger partial charge in [0.2, 0.25) is 11.8 Å². The number of aromatic nitrogens is 1. The van der Waals surface area contributed by atoms with Gasteiger partial charge in [-0.1, -0.05) is 43.7 Å². The lowest BCUT2D eigenvalue weighted by Gasteiger charge is -2.29. The Labute approximate surface area is 344 Å². The molecule has 3 amide bonds. The van der Waals surface area contributed by atoms with Crippen LogP contribution in [0.25, 0.3) is 10.9 Å². The number of carbonyl (C=O) groups excluding carboxylic acids is 3. The van der Waals surface area contributed by atoms with Crippen molar-refractivity contribution in [1.82, 2.24) is 25.4 Å². The number of ether oxygens (including phenoxy) is 4. The van der Waals surface area contributed by atoms with E-state index in [1.54, 1.807) is 0 Å². The van der Waals surface area contributed by atoms with Crippen LogP contribution in [-0.2, 0) is 23.9 Å². The van der Waals surface area contributed by atoms with Crippen molar-refractivity contribution in [2.45, 2.75) is 126 Å². The van der Waals surface area contributed by atoms with Crippen LogP contribution < -0.4 is 20.1 Å². The number of pyridine rings is 1. The minimum absolute atomic E-state index is 0.0681. The zero-order chi connectivity index (χ0) is 40.0. The quantitative estimate of drug-likeness (QED) is 0.280. The van der Waals surface area contributed by atoms with E-state index in [2.05, 4.69) is 15.5 Å². The molecule has 3 aliphatic heterocycles. The van der Waals surface area contributed by atoms with Crippen molar-refractivity contribution in [2.75, 3.05) is 46.0 Å². The second-order valence-corrected chi connectivity index (χ2v) is 18.2. The van der Waals surface area contributed by atoms with Gasteiger partial charge in [0.25, 0.3) is 0 Å². The highest BCUT2D eigenvalue weighted by Crippen LogP contribution is 2.53. The number of aliphatic carboxylic acids is 1. The Morgan fingerprint density at radius 3 is 2.48 bits per heavy atom. The van der Waals surface area contributed by atoms with Gasteiger partial charge in [0, 0.05) is 49.1 Å². The van der Waals surface area contributed by atoms with E-state index in [0.29, 0.717) is 84.8 Å². The number of carboxylic acids is 1. The highest BCUT2D eigenvalue weighted by Gasteiger charge is 2.62. The number of fused-ring (bicyclic) bond motifs is 4. The molecule has 7 aliphatic rings. The van der Waals surface area contributed by atoms with Crippen molar-refractivity contribution in [2.24, 2.45) is 17.8 Å². The lowest BCUT2D eigenvalue weighted by Crippen LogP contribution is -2.56. The third kappa shape index (κ3) is 8.56. The number of nitrogens with one attached hydrogen (secondary N) is 2. The second-order valence-electron chi connectivity index (χ2n) is 17.8. The van der Waals surface area contributed by atoms with Crippen LogP contribution in [0.5, 0.6) is 11.5 Å². The van der Waals surface area contributed by atoms with E-state index >= 15 is 0 Å². The van der Waals surface area contributed by atoms with Crippen LogP contribution >= 0.6 is 11.6 Å². The predicted molar refractivity (Wildman–Crippen MR) is 213 cm³/mol. The second kappa shape index (κ2) is 16.6. The molecule has 0 radical (unpaired) electrons. The van der Waals surface area contributed by atoms with Crippen LogP contribution in [0.2, 0.25) is 5.02 Å². The first-order valence-corrected chi connectivity index (χ1v) is 22.1. The molecule has 2 unspecified atom stereocenters. The summed E-state index contributed by atoms with van der Waals surface area (Å²) in [6, 6.07) is 3.74. The van der Waals surface area contributed by atoms with Crippen molar-refractivity contribution in [3.63, 3.8) is 0 Å². The molecular weight excluding hydrogens is 766 g/mol. The lowest BCUT2D eigenvalue weighted by molar-refractivity contribution is -0.146. The molecule has 4 saturated carbocycles. The maximum atomic E-state index is 14.6. The summed E-state index contributed by atoms with van der Waals surface area (Å²) in [6.07, 6.45) is 9.48. The molecule has 2 aromatic rings. The number of amides is 3. The molecule has 0 spiro atoms. The number of hydrogen-bond acceptors (Lipinski definition) is 10. The number of halogens is 1. The van der Waals surface area contributed by atoms with Gasteiger partial charge in [-0.3, -0.25) is 19.5 Å². The molecule has 0 bridgehead atoms. The summed E-state index contributed by atoms with van der Waals surface area (Å²) in [5.74, 6) is 0.493. The smallest absolute Gasteiger partial charge is 0.408 e. The molecule has 58 heavy (non-hydrogen) atoms. The highest BCUT2D eigenvalue weighted by molar-refractivity contribution is 6.36. The Hall–Kier alpha value is -3.88. The SMILES string of the molecule is O=C(N[C@H]1CCCCCCC[C@H]2C[C@@]2(C(=O)O)NC(=O)[C@@H]2C[C@@H](Oc3cc(C4CC4)nc4c(Cl)c(OCCN5CCOCC5)ccc34)CN2C1=O)OC1CC2CC2C1. The number of alkyl carbamates (subject to hydrolysis) is 1. The number of benzene rings is 1. The highest BCUT2D eigenvalue weighted by atomic mass is 35.5. The van der Waals surface area contributed by atoms with Crippen LogP contribution in [0, 0.1) is 17.8 Å². The predicted octanol–water partition coefficient (Wildman–Crippen LogP) is 5.42. The van der Waals surface area contributed by atoms with Crippen molar-refractivity contribution in [1.29, 1.82) is 0 Å². The van der Waals surface area contributed by atoms with Gasteiger partial charge in [0.05, 0.1) is 25.3 Å². The average Bonchev–Trinajstić information content (AvgIpc) is 4.18. The van der Waals surface area contributed by atoms with E-state index in [1.807, 2.05) is 18.2 Å². The van der Waals surface area contributed by atoms with Crippen LogP contribution in [0.1, 0.15) is 102 Å². The number of nitrogens with zero attached hydrogens (tertiary/aromatic N) is 3. The van der Waals surface area contributed by atoms with Gasteiger partial charge in [0.1, 0.15) is 53.0 Å². The van der Waals surface area contributed by atoms with Gasteiger partial charge in [-0.25, -0.2) is 9.59 Å². The van der Waals surface area contributed by atoms with E-state index in [4.69, 9.17) is 35.5 Å². The first-order valence-electron chi connectivity index (χ1n) is 21.7. The molecule has 14 nitrogen and oxygen atoms in total. The van der Waals surface area contributed by atoms with Gasteiger partial charge in [-0.15, -0.1) is 0 Å². The normalized spacial score (nSPS) is 32.8. The summed E-state index contributed by atoms with van der Waals surface area (Å²) < 4.78 is 24.2. The molecule has 4 aliphatic carbocycles. The lowest BCUT2D eigenvalue weighted by atomic mass is 10.0. The summed E-state index contributed by atoms with van der Waals surface area (Å²) in [7, 11) is 0. The Bertz CT molecular complexity index is 1900. The Morgan fingerprint density at radius 1 is 0.966 bits per heavy atom. The molecule has 3 N–H and O–H groups in total. The number of carbonyl (C=O) groups is 4. The van der Waals surface area contributed by atoms with Crippen molar-refractivity contribution >= 4 is 46.4 Å². The van der Waals surface area contributed by atoms with Crippen molar-refractivity contribution in [3.05, 3.63) is 28.9 Å². The van der Waals surface area contributed by atoms with Crippen LogP contribution in [0.3, 0.4) is 0 Å². The summed E-state index contributed by atoms with van der Waals surface area (Å²) in [6.45, 7) is 4.43. The van der Waals surface area contributed by atoms with Crippen LogP contribution in [-0.4, -0.2) is 120 Å². The fourth-order valence-electron chi connectivity index (χ4n) is 9.95. The van der Waals surface area contributed by atoms with Gasteiger partial charge < -0.3 is 39.6 Å². The number of morpholine rings is 1. The maximum absolute atomic E-state index is 14.6. The fraction of sp³-hybridized carbons (Fsp3) is 0.698. The summed E-state index contributed by atoms with van der Waals surface area (Å²) in [5.41, 5.74) is 0.0762. The maximum Gasteiger partial charge on any atom is 0.408 e. The summed E-state index contributed by atoms with van der Waals surface area (Å²) >= 11 is 7.01. The topological polar surface area (TPSA) is 169 Å². The third-order valence-electron chi connectivity index (χ3n) is 13.7. The molecule has 7 atom stereocenters. The van der Waals surface area contributed by atoms with E-state index < -0.39 is 47.6 Å². The molecule has 1 aromatic carbocycles. The average molecular weight is 822 g/mol. The molecule has 15 heteroatoms. The number of hydrogen-bond donors (Lipinski definition) is 3. The van der Waals surface area contributed by atoms with Crippen LogP contribution in [0.15, 0.2) is 18.2 Å². The molecule has 9 rings (SSSR count). The molecule has 7 fully saturated rings.